The molecule has 2 heterocycles. The molecule has 0 aliphatic carbocycles. The number of rotatable bonds is 3. The maximum atomic E-state index is 12.6. The minimum atomic E-state index is -0.0146. The van der Waals surface area contributed by atoms with Crippen molar-refractivity contribution in [2.75, 3.05) is 20.8 Å². The molecule has 0 radical (unpaired) electrons. The van der Waals surface area contributed by atoms with E-state index in [1.165, 1.54) is 5.56 Å². The minimum Gasteiger partial charge on any atom is -0.493 e. The number of aromatic nitrogens is 1. The van der Waals surface area contributed by atoms with E-state index in [0.717, 1.165) is 22.2 Å². The molecule has 1 aromatic heterocycles. The highest BCUT2D eigenvalue weighted by Gasteiger charge is 2.24. The molecular weight excluding hydrogens is 360 g/mol. The van der Waals surface area contributed by atoms with Crippen LogP contribution in [0.2, 0.25) is 0 Å². The summed E-state index contributed by atoms with van der Waals surface area (Å²) in [5.74, 6) is 1.39. The molecule has 0 fully saturated rings. The zero-order valence-electron chi connectivity index (χ0n) is 13.0. The molecule has 0 spiro atoms. The van der Waals surface area contributed by atoms with Crippen molar-refractivity contribution in [2.24, 2.45) is 0 Å². The van der Waals surface area contributed by atoms with E-state index in [1.54, 1.807) is 32.7 Å². The highest BCUT2D eigenvalue weighted by atomic mass is 79.9. The maximum Gasteiger partial charge on any atom is 0.255 e. The molecule has 23 heavy (non-hydrogen) atoms. The lowest BCUT2D eigenvalue weighted by Crippen LogP contribution is -2.36. The first-order valence-electron chi connectivity index (χ1n) is 7.26. The number of fused-ring (bicyclic) bond motifs is 1. The highest BCUT2D eigenvalue weighted by Crippen LogP contribution is 2.33. The SMILES string of the molecule is COc1cc2c(cc1OC)CN(C(=O)c1cncc(Br)c1)CC2. The van der Waals surface area contributed by atoms with E-state index < -0.39 is 0 Å². The maximum absolute atomic E-state index is 12.6. The van der Waals surface area contributed by atoms with E-state index in [0.29, 0.717) is 24.4 Å². The van der Waals surface area contributed by atoms with Crippen LogP contribution in [0.4, 0.5) is 0 Å². The zero-order chi connectivity index (χ0) is 16.4. The molecule has 1 aliphatic rings. The molecule has 0 bridgehead atoms. The predicted octanol–water partition coefficient (Wildman–Crippen LogP) is 3.06. The van der Waals surface area contributed by atoms with Gasteiger partial charge in [-0.2, -0.15) is 0 Å². The van der Waals surface area contributed by atoms with Gasteiger partial charge in [0.25, 0.3) is 5.91 Å². The quantitative estimate of drug-likeness (QED) is 0.825. The average molecular weight is 377 g/mol. The van der Waals surface area contributed by atoms with Crippen LogP contribution in [0.1, 0.15) is 21.5 Å². The van der Waals surface area contributed by atoms with Crippen molar-refractivity contribution in [3.8, 4) is 11.5 Å². The van der Waals surface area contributed by atoms with Crippen LogP contribution in [0, 0.1) is 0 Å². The van der Waals surface area contributed by atoms with Gasteiger partial charge in [-0.25, -0.2) is 0 Å². The van der Waals surface area contributed by atoms with Gasteiger partial charge in [0.2, 0.25) is 0 Å². The number of pyridine rings is 1. The van der Waals surface area contributed by atoms with E-state index in [2.05, 4.69) is 20.9 Å². The lowest BCUT2D eigenvalue weighted by atomic mass is 9.98. The number of halogens is 1. The predicted molar refractivity (Wildman–Crippen MR) is 89.9 cm³/mol. The molecule has 1 aromatic carbocycles. The molecule has 1 amide bonds. The van der Waals surface area contributed by atoms with Gasteiger partial charge in [-0.15, -0.1) is 0 Å². The van der Waals surface area contributed by atoms with E-state index in [1.807, 2.05) is 17.0 Å². The Morgan fingerprint density at radius 3 is 2.48 bits per heavy atom. The van der Waals surface area contributed by atoms with Gasteiger partial charge in [0.15, 0.2) is 11.5 Å². The fraction of sp³-hybridized carbons (Fsp3) is 0.294. The monoisotopic (exact) mass is 376 g/mol. The second kappa shape index (κ2) is 6.58. The third kappa shape index (κ3) is 3.17. The molecule has 2 aromatic rings. The Hall–Kier alpha value is -2.08. The molecule has 0 saturated carbocycles. The molecule has 120 valence electrons. The van der Waals surface area contributed by atoms with Crippen LogP contribution in [0.15, 0.2) is 35.1 Å². The number of nitrogens with zero attached hydrogens (tertiary/aromatic N) is 2. The Morgan fingerprint density at radius 2 is 1.83 bits per heavy atom. The van der Waals surface area contributed by atoms with Gasteiger partial charge in [0, 0.05) is 30.0 Å². The molecule has 0 atom stereocenters. The summed E-state index contributed by atoms with van der Waals surface area (Å²) in [6, 6.07) is 5.74. The number of hydrogen-bond acceptors (Lipinski definition) is 4. The van der Waals surface area contributed by atoms with Gasteiger partial charge in [-0.05, 0) is 51.7 Å². The molecule has 0 saturated heterocycles. The second-order valence-corrected chi connectivity index (χ2v) is 6.26. The normalized spacial score (nSPS) is 13.4. The van der Waals surface area contributed by atoms with Crippen LogP contribution < -0.4 is 9.47 Å². The first-order valence-corrected chi connectivity index (χ1v) is 8.05. The summed E-state index contributed by atoms with van der Waals surface area (Å²) in [4.78, 5) is 18.5. The average Bonchev–Trinajstić information content (AvgIpc) is 2.59. The molecule has 0 N–H and O–H groups in total. The smallest absolute Gasteiger partial charge is 0.255 e. The van der Waals surface area contributed by atoms with Crippen molar-refractivity contribution in [1.29, 1.82) is 0 Å². The number of amides is 1. The third-order valence-corrected chi connectivity index (χ3v) is 4.39. The summed E-state index contributed by atoms with van der Waals surface area (Å²) in [7, 11) is 3.24. The summed E-state index contributed by atoms with van der Waals surface area (Å²) in [5.41, 5.74) is 2.87. The standard InChI is InChI=1S/C17H17BrN2O3/c1-22-15-6-11-3-4-20(10-13(11)7-16(15)23-2)17(21)12-5-14(18)9-19-8-12/h5-9H,3-4,10H2,1-2H3. The number of carbonyl (C=O) groups is 1. The highest BCUT2D eigenvalue weighted by molar-refractivity contribution is 9.10. The zero-order valence-corrected chi connectivity index (χ0v) is 14.6. The Balaban J connectivity index is 1.86. The number of ether oxygens (including phenoxy) is 2. The van der Waals surface area contributed by atoms with Gasteiger partial charge >= 0.3 is 0 Å². The Kier molecular flexibility index (Phi) is 4.52. The van der Waals surface area contributed by atoms with Crippen LogP contribution in [-0.2, 0) is 13.0 Å². The first kappa shape index (κ1) is 15.8. The van der Waals surface area contributed by atoms with Crippen molar-refractivity contribution in [3.63, 3.8) is 0 Å². The van der Waals surface area contributed by atoms with Gasteiger partial charge in [-0.1, -0.05) is 0 Å². The summed E-state index contributed by atoms with van der Waals surface area (Å²) < 4.78 is 11.5. The van der Waals surface area contributed by atoms with Crippen LogP contribution in [0.5, 0.6) is 11.5 Å². The summed E-state index contributed by atoms with van der Waals surface area (Å²) >= 11 is 3.35. The molecule has 5 nitrogen and oxygen atoms in total. The van der Waals surface area contributed by atoms with Crippen molar-refractivity contribution >= 4 is 21.8 Å². The summed E-state index contributed by atoms with van der Waals surface area (Å²) in [6.45, 7) is 1.23. The van der Waals surface area contributed by atoms with Crippen molar-refractivity contribution in [3.05, 3.63) is 51.8 Å². The molecule has 6 heteroatoms. The van der Waals surface area contributed by atoms with E-state index in [-0.39, 0.29) is 5.91 Å². The topological polar surface area (TPSA) is 51.7 Å². The van der Waals surface area contributed by atoms with E-state index >= 15 is 0 Å². The van der Waals surface area contributed by atoms with Gasteiger partial charge < -0.3 is 14.4 Å². The third-order valence-electron chi connectivity index (χ3n) is 3.96. The molecule has 0 unspecified atom stereocenters. The van der Waals surface area contributed by atoms with Crippen LogP contribution in [-0.4, -0.2) is 36.6 Å². The summed E-state index contributed by atoms with van der Waals surface area (Å²) in [6.07, 6.45) is 4.06. The Morgan fingerprint density at radius 1 is 1.13 bits per heavy atom. The second-order valence-electron chi connectivity index (χ2n) is 5.34. The van der Waals surface area contributed by atoms with Crippen molar-refractivity contribution < 1.29 is 14.3 Å². The largest absolute Gasteiger partial charge is 0.493 e. The number of methoxy groups -OCH3 is 2. The van der Waals surface area contributed by atoms with E-state index in [9.17, 15) is 4.79 Å². The van der Waals surface area contributed by atoms with Crippen molar-refractivity contribution in [2.45, 2.75) is 13.0 Å². The van der Waals surface area contributed by atoms with Gasteiger partial charge in [-0.3, -0.25) is 9.78 Å². The molecule has 3 rings (SSSR count). The number of hydrogen-bond donors (Lipinski definition) is 0. The van der Waals surface area contributed by atoms with Crippen LogP contribution in [0.25, 0.3) is 0 Å². The lowest BCUT2D eigenvalue weighted by molar-refractivity contribution is 0.0734. The fourth-order valence-corrected chi connectivity index (χ4v) is 3.13. The number of carbonyl (C=O) groups excluding carboxylic acids is 1. The van der Waals surface area contributed by atoms with Crippen LogP contribution >= 0.6 is 15.9 Å². The Bertz CT molecular complexity index is 749. The Labute approximate surface area is 143 Å². The van der Waals surface area contributed by atoms with Crippen LogP contribution in [0.3, 0.4) is 0 Å². The van der Waals surface area contributed by atoms with E-state index in [4.69, 9.17) is 9.47 Å². The van der Waals surface area contributed by atoms with Crippen molar-refractivity contribution in [1.82, 2.24) is 9.88 Å². The fourth-order valence-electron chi connectivity index (χ4n) is 2.77. The minimum absolute atomic E-state index is 0.0146. The summed E-state index contributed by atoms with van der Waals surface area (Å²) in [5, 5.41) is 0. The van der Waals surface area contributed by atoms with Gasteiger partial charge in [0.1, 0.15) is 0 Å². The molecular formula is C17H17BrN2O3. The lowest BCUT2D eigenvalue weighted by Gasteiger charge is -2.29. The van der Waals surface area contributed by atoms with Gasteiger partial charge in [0.05, 0.1) is 19.8 Å². The first-order chi connectivity index (χ1) is 11.1. The molecule has 1 aliphatic heterocycles. The number of benzene rings is 1.